The Hall–Kier alpha value is -1.60. The topological polar surface area (TPSA) is 39.1 Å². The van der Waals surface area contributed by atoms with Crippen LogP contribution in [0, 0.1) is 16.9 Å². The minimum absolute atomic E-state index is 0.0852. The minimum atomic E-state index is 0.0852. The van der Waals surface area contributed by atoms with Gasteiger partial charge in [-0.3, -0.25) is 0 Å². The van der Waals surface area contributed by atoms with Crippen LogP contribution >= 0.6 is 12.2 Å². The Morgan fingerprint density at radius 1 is 1.33 bits per heavy atom. The molecule has 0 heterocycles. The van der Waals surface area contributed by atoms with Crippen LogP contribution in [0.25, 0.3) is 0 Å². The first kappa shape index (κ1) is 14.5. The van der Waals surface area contributed by atoms with E-state index >= 15 is 0 Å². The van der Waals surface area contributed by atoms with Crippen LogP contribution in [-0.2, 0) is 0 Å². The normalized spacial score (nSPS) is 12.4. The van der Waals surface area contributed by atoms with Gasteiger partial charge in [-0.1, -0.05) is 39.0 Å². The summed E-state index contributed by atoms with van der Waals surface area (Å²) in [5.74, 6) is 0. The Kier molecular flexibility index (Phi) is 4.69. The number of thiocarbonyl (C=S) groups is 1. The molecule has 0 radical (unpaired) electrons. The second-order valence-electron chi connectivity index (χ2n) is 5.31. The molecule has 1 unspecified atom stereocenters. The molecular weight excluding hydrogens is 242 g/mol. The summed E-state index contributed by atoms with van der Waals surface area (Å²) in [5.41, 5.74) is 0.862. The summed E-state index contributed by atoms with van der Waals surface area (Å²) in [4.78, 5) is 1.43. The molecule has 1 rings (SSSR count). The van der Waals surface area contributed by atoms with E-state index in [1.165, 1.54) is 4.90 Å². The zero-order valence-electron chi connectivity index (χ0n) is 11.3. The van der Waals surface area contributed by atoms with Crippen molar-refractivity contribution in [2.24, 2.45) is 5.41 Å². The predicted octanol–water partition coefficient (Wildman–Crippen LogP) is 3.28. The van der Waals surface area contributed by atoms with Crippen molar-refractivity contribution in [2.45, 2.75) is 33.7 Å². The summed E-state index contributed by atoms with van der Waals surface area (Å²) in [6, 6.07) is 9.58. The fraction of sp³-hybridized carbons (Fsp3) is 0.429. The van der Waals surface area contributed by atoms with Crippen LogP contribution in [0.5, 0.6) is 0 Å². The summed E-state index contributed by atoms with van der Waals surface area (Å²) in [6.45, 7) is 8.46. The van der Waals surface area contributed by atoms with Crippen LogP contribution < -0.4 is 10.2 Å². The van der Waals surface area contributed by atoms with Gasteiger partial charge in [0.15, 0.2) is 11.3 Å². The molecule has 1 atom stereocenters. The first-order valence-corrected chi connectivity index (χ1v) is 6.32. The van der Waals surface area contributed by atoms with E-state index in [0.717, 1.165) is 5.69 Å². The molecule has 0 aliphatic heterocycles. The Balaban J connectivity index is 2.80. The summed E-state index contributed by atoms with van der Waals surface area (Å²) >= 11 is 5.29. The number of nitrogens with zero attached hydrogens (tertiary/aromatic N) is 2. The van der Waals surface area contributed by atoms with Gasteiger partial charge in [-0.15, -0.1) is 0 Å². The van der Waals surface area contributed by atoms with E-state index < -0.39 is 0 Å². The number of benzene rings is 1. The van der Waals surface area contributed by atoms with Gasteiger partial charge in [-0.2, -0.15) is 5.26 Å². The molecule has 4 heteroatoms. The maximum Gasteiger partial charge on any atom is 0.191 e. The van der Waals surface area contributed by atoms with Crippen LogP contribution in [0.2, 0.25) is 0 Å². The summed E-state index contributed by atoms with van der Waals surface area (Å²) in [6.07, 6.45) is 2.10. The van der Waals surface area contributed by atoms with E-state index in [1.807, 2.05) is 30.3 Å². The highest BCUT2D eigenvalue weighted by Gasteiger charge is 2.22. The molecule has 1 aromatic rings. The average molecular weight is 261 g/mol. The van der Waals surface area contributed by atoms with E-state index in [4.69, 9.17) is 12.2 Å². The van der Waals surface area contributed by atoms with Crippen molar-refractivity contribution in [3.63, 3.8) is 0 Å². The quantitative estimate of drug-likeness (QED) is 0.504. The molecular formula is C14H19N3S. The Morgan fingerprint density at radius 2 is 1.89 bits per heavy atom. The van der Waals surface area contributed by atoms with E-state index in [0.29, 0.717) is 5.11 Å². The largest absolute Gasteiger partial charge is 0.358 e. The van der Waals surface area contributed by atoms with Crippen molar-refractivity contribution < 1.29 is 0 Å². The SMILES string of the molecule is CC(NC(=S)N(C#N)c1ccccc1)C(C)(C)C. The number of anilines is 1. The monoisotopic (exact) mass is 261 g/mol. The molecule has 0 saturated heterocycles. The highest BCUT2D eigenvalue weighted by Crippen LogP contribution is 2.19. The zero-order chi connectivity index (χ0) is 13.8. The van der Waals surface area contributed by atoms with E-state index in [9.17, 15) is 5.26 Å². The molecule has 0 aromatic heterocycles. The van der Waals surface area contributed by atoms with E-state index in [-0.39, 0.29) is 11.5 Å². The lowest BCUT2D eigenvalue weighted by atomic mass is 9.88. The van der Waals surface area contributed by atoms with Crippen molar-refractivity contribution in [2.75, 3.05) is 4.90 Å². The van der Waals surface area contributed by atoms with Crippen molar-refractivity contribution >= 4 is 23.0 Å². The van der Waals surface area contributed by atoms with Gasteiger partial charge in [0.2, 0.25) is 0 Å². The fourth-order valence-corrected chi connectivity index (χ4v) is 1.59. The molecule has 3 nitrogen and oxygen atoms in total. The highest BCUT2D eigenvalue weighted by atomic mass is 32.1. The van der Waals surface area contributed by atoms with E-state index in [1.54, 1.807) is 0 Å². The van der Waals surface area contributed by atoms with Crippen LogP contribution in [0.15, 0.2) is 30.3 Å². The van der Waals surface area contributed by atoms with Gasteiger partial charge < -0.3 is 5.32 Å². The molecule has 18 heavy (non-hydrogen) atoms. The molecule has 0 spiro atoms. The zero-order valence-corrected chi connectivity index (χ0v) is 12.1. The van der Waals surface area contributed by atoms with Gasteiger partial charge >= 0.3 is 0 Å². The molecule has 0 aliphatic carbocycles. The second-order valence-corrected chi connectivity index (χ2v) is 5.69. The number of hydrogen-bond acceptors (Lipinski definition) is 2. The summed E-state index contributed by atoms with van der Waals surface area (Å²) in [5, 5.41) is 12.9. The predicted molar refractivity (Wildman–Crippen MR) is 79.2 cm³/mol. The molecule has 0 aliphatic rings. The molecule has 0 bridgehead atoms. The number of nitriles is 1. The van der Waals surface area contributed by atoms with Gasteiger partial charge in [0.1, 0.15) is 0 Å². The van der Waals surface area contributed by atoms with Crippen molar-refractivity contribution in [3.8, 4) is 6.19 Å². The highest BCUT2D eigenvalue weighted by molar-refractivity contribution is 7.80. The summed E-state index contributed by atoms with van der Waals surface area (Å²) in [7, 11) is 0. The smallest absolute Gasteiger partial charge is 0.191 e. The lowest BCUT2D eigenvalue weighted by molar-refractivity contribution is 0.316. The van der Waals surface area contributed by atoms with Crippen molar-refractivity contribution in [1.29, 1.82) is 5.26 Å². The van der Waals surface area contributed by atoms with Gasteiger partial charge in [-0.05, 0) is 36.7 Å². The molecule has 96 valence electrons. The molecule has 0 amide bonds. The number of rotatable bonds is 2. The Bertz CT molecular complexity index is 442. The first-order valence-electron chi connectivity index (χ1n) is 5.91. The van der Waals surface area contributed by atoms with Crippen LogP contribution in [0.4, 0.5) is 5.69 Å². The number of nitrogens with one attached hydrogen (secondary N) is 1. The maximum atomic E-state index is 9.21. The molecule has 0 saturated carbocycles. The maximum absolute atomic E-state index is 9.21. The van der Waals surface area contributed by atoms with Crippen LogP contribution in [0.1, 0.15) is 27.7 Å². The third-order valence-electron chi connectivity index (χ3n) is 2.96. The average Bonchev–Trinajstić information content (AvgIpc) is 2.30. The van der Waals surface area contributed by atoms with Crippen molar-refractivity contribution in [3.05, 3.63) is 30.3 Å². The third kappa shape index (κ3) is 3.71. The van der Waals surface area contributed by atoms with Gasteiger partial charge in [0.05, 0.1) is 5.69 Å². The molecule has 1 N–H and O–H groups in total. The first-order chi connectivity index (χ1) is 8.36. The number of hydrogen-bond donors (Lipinski definition) is 1. The van der Waals surface area contributed by atoms with E-state index in [2.05, 4.69) is 39.2 Å². The lowest BCUT2D eigenvalue weighted by Gasteiger charge is -2.30. The van der Waals surface area contributed by atoms with Crippen LogP contribution in [-0.4, -0.2) is 11.2 Å². The van der Waals surface area contributed by atoms with Gasteiger partial charge in [0.25, 0.3) is 0 Å². The van der Waals surface area contributed by atoms with Gasteiger partial charge in [0, 0.05) is 6.04 Å². The number of para-hydroxylation sites is 1. The third-order valence-corrected chi connectivity index (χ3v) is 3.26. The fourth-order valence-electron chi connectivity index (χ4n) is 1.26. The Labute approximate surface area is 114 Å². The standard InChI is InChI=1S/C14H19N3S/c1-11(14(2,3)4)16-13(18)17(10-15)12-8-6-5-7-9-12/h5-9,11H,1-4H3,(H,16,18). The molecule has 0 fully saturated rings. The Morgan fingerprint density at radius 3 is 2.33 bits per heavy atom. The second kappa shape index (κ2) is 5.83. The van der Waals surface area contributed by atoms with Crippen molar-refractivity contribution in [1.82, 2.24) is 5.32 Å². The lowest BCUT2D eigenvalue weighted by Crippen LogP contribution is -2.46. The van der Waals surface area contributed by atoms with Crippen LogP contribution in [0.3, 0.4) is 0 Å². The molecule has 1 aromatic carbocycles. The van der Waals surface area contributed by atoms with Gasteiger partial charge in [-0.25, -0.2) is 4.90 Å². The summed E-state index contributed by atoms with van der Waals surface area (Å²) < 4.78 is 0. The minimum Gasteiger partial charge on any atom is -0.358 e.